The Morgan fingerprint density at radius 2 is 1.68 bits per heavy atom. The first-order valence-corrected chi connectivity index (χ1v) is 14.3. The van der Waals surface area contributed by atoms with Gasteiger partial charge in [-0.1, -0.05) is 48.5 Å². The van der Waals surface area contributed by atoms with Crippen LogP contribution in [0.3, 0.4) is 0 Å². The second-order valence-corrected chi connectivity index (χ2v) is 12.2. The van der Waals surface area contributed by atoms with Crippen LogP contribution in [0.25, 0.3) is 0 Å². The van der Waals surface area contributed by atoms with E-state index in [-0.39, 0.29) is 41.8 Å². The third-order valence-electron chi connectivity index (χ3n) is 7.25. The summed E-state index contributed by atoms with van der Waals surface area (Å²) >= 11 is 1.42. The van der Waals surface area contributed by atoms with Gasteiger partial charge < -0.3 is 30.9 Å². The van der Waals surface area contributed by atoms with Gasteiger partial charge in [0.05, 0.1) is 11.9 Å². The van der Waals surface area contributed by atoms with Crippen LogP contribution in [0.2, 0.25) is 0 Å². The number of carbonyl (C=O) groups excluding carboxylic acids is 3. The molecule has 10 heteroatoms. The van der Waals surface area contributed by atoms with Crippen LogP contribution in [0.5, 0.6) is 11.5 Å². The number of rotatable bonds is 9. The number of nitrogens with zero attached hydrogens (tertiary/aromatic N) is 1. The van der Waals surface area contributed by atoms with E-state index in [0.29, 0.717) is 11.1 Å². The Kier molecular flexibility index (Phi) is 9.25. The molecule has 0 bridgehead atoms. The van der Waals surface area contributed by atoms with Crippen LogP contribution in [-0.4, -0.2) is 66.8 Å². The summed E-state index contributed by atoms with van der Waals surface area (Å²) < 4.78 is -0.644. The molecule has 3 aromatic rings. The molecule has 0 spiro atoms. The van der Waals surface area contributed by atoms with Gasteiger partial charge in [-0.05, 0) is 62.6 Å². The van der Waals surface area contributed by atoms with Crippen molar-refractivity contribution in [3.63, 3.8) is 0 Å². The SMILES string of the molecule is Cc1c(O)cccc1C(=O)N[C@@H](Cc1ccccc1)[C@H](O)C(=O)N1CSC(C)(C)[C@H]1C(=O)NCc1cccc(O)c1. The maximum Gasteiger partial charge on any atom is 0.254 e. The summed E-state index contributed by atoms with van der Waals surface area (Å²) in [7, 11) is 0. The van der Waals surface area contributed by atoms with Crippen LogP contribution < -0.4 is 10.6 Å². The summed E-state index contributed by atoms with van der Waals surface area (Å²) in [5.41, 5.74) is 2.11. The van der Waals surface area contributed by atoms with Crippen molar-refractivity contribution >= 4 is 29.5 Å². The number of nitrogens with one attached hydrogen (secondary N) is 2. The second kappa shape index (κ2) is 12.7. The number of hydrogen-bond acceptors (Lipinski definition) is 7. The quantitative estimate of drug-likeness (QED) is 0.263. The fraction of sp³-hybridized carbons (Fsp3) is 0.323. The predicted molar refractivity (Wildman–Crippen MR) is 157 cm³/mol. The molecule has 4 rings (SSSR count). The third kappa shape index (κ3) is 7.01. The summed E-state index contributed by atoms with van der Waals surface area (Å²) in [6.07, 6.45) is -1.48. The molecule has 216 valence electrons. The minimum atomic E-state index is -1.65. The number of phenols is 2. The average Bonchev–Trinajstić information content (AvgIpc) is 3.27. The Hall–Kier alpha value is -4.02. The first-order valence-electron chi connectivity index (χ1n) is 13.3. The molecule has 1 fully saturated rings. The number of thioether (sulfide) groups is 1. The van der Waals surface area contributed by atoms with Gasteiger partial charge in [0, 0.05) is 22.4 Å². The zero-order valence-corrected chi connectivity index (χ0v) is 24.0. The van der Waals surface area contributed by atoms with Gasteiger partial charge >= 0.3 is 0 Å². The van der Waals surface area contributed by atoms with E-state index in [9.17, 15) is 29.7 Å². The van der Waals surface area contributed by atoms with Gasteiger partial charge in [-0.25, -0.2) is 0 Å². The van der Waals surface area contributed by atoms with E-state index in [4.69, 9.17) is 0 Å². The highest BCUT2D eigenvalue weighted by atomic mass is 32.2. The number of carbonyl (C=O) groups is 3. The molecule has 1 heterocycles. The van der Waals surface area contributed by atoms with Crippen LogP contribution in [0, 0.1) is 6.92 Å². The lowest BCUT2D eigenvalue weighted by Crippen LogP contribution is -2.58. The van der Waals surface area contributed by atoms with Crippen molar-refractivity contribution < 1.29 is 29.7 Å². The summed E-state index contributed by atoms with van der Waals surface area (Å²) in [4.78, 5) is 41.8. The van der Waals surface area contributed by atoms with Crippen LogP contribution in [0.4, 0.5) is 0 Å². The zero-order chi connectivity index (χ0) is 29.7. The molecule has 0 aromatic heterocycles. The monoisotopic (exact) mass is 577 g/mol. The Bertz CT molecular complexity index is 1410. The first-order chi connectivity index (χ1) is 19.5. The fourth-order valence-corrected chi connectivity index (χ4v) is 6.07. The number of aromatic hydroxyl groups is 2. The molecule has 0 aliphatic carbocycles. The molecule has 41 heavy (non-hydrogen) atoms. The lowest BCUT2D eigenvalue weighted by molar-refractivity contribution is -0.147. The highest BCUT2D eigenvalue weighted by Gasteiger charge is 2.49. The number of phenolic OH excluding ortho intramolecular Hbond substituents is 2. The number of aliphatic hydroxyl groups excluding tert-OH is 1. The molecule has 3 atom stereocenters. The number of hydrogen-bond donors (Lipinski definition) is 5. The number of amides is 3. The predicted octanol–water partition coefficient (Wildman–Crippen LogP) is 3.10. The zero-order valence-electron chi connectivity index (χ0n) is 23.2. The summed E-state index contributed by atoms with van der Waals surface area (Å²) in [6, 6.07) is 18.4. The maximum absolute atomic E-state index is 13.8. The van der Waals surface area contributed by atoms with Gasteiger partial charge in [-0.2, -0.15) is 0 Å². The van der Waals surface area contributed by atoms with Crippen LogP contribution in [0.1, 0.15) is 40.9 Å². The second-order valence-electron chi connectivity index (χ2n) is 10.6. The Labute approximate surface area is 243 Å². The molecular weight excluding hydrogens is 542 g/mol. The van der Waals surface area contributed by atoms with Crippen molar-refractivity contribution in [2.75, 3.05) is 5.88 Å². The largest absolute Gasteiger partial charge is 0.508 e. The lowest BCUT2D eigenvalue weighted by Gasteiger charge is -2.33. The van der Waals surface area contributed by atoms with Crippen molar-refractivity contribution in [2.24, 2.45) is 0 Å². The summed E-state index contributed by atoms with van der Waals surface area (Å²) in [6.45, 7) is 5.50. The van der Waals surface area contributed by atoms with E-state index in [2.05, 4.69) is 10.6 Å². The average molecular weight is 578 g/mol. The smallest absolute Gasteiger partial charge is 0.254 e. The highest BCUT2D eigenvalue weighted by molar-refractivity contribution is 8.00. The molecular formula is C31H35N3O6S. The molecule has 0 unspecified atom stereocenters. The standard InChI is InChI=1S/C31H35N3O6S/c1-19-23(13-8-14-25(19)36)28(38)33-24(16-20-9-5-4-6-10-20)26(37)30(40)34-18-41-31(2,3)27(34)29(39)32-17-21-11-7-12-22(35)15-21/h4-15,24,26-27,35-37H,16-18H2,1-3H3,(H,32,39)(H,33,38)/t24-,26-,27+/m0/s1. The first kappa shape index (κ1) is 30.0. The van der Waals surface area contributed by atoms with Gasteiger partial charge in [0.2, 0.25) is 5.91 Å². The molecule has 0 saturated carbocycles. The topological polar surface area (TPSA) is 139 Å². The van der Waals surface area contributed by atoms with Crippen molar-refractivity contribution in [1.82, 2.24) is 15.5 Å². The highest BCUT2D eigenvalue weighted by Crippen LogP contribution is 2.40. The molecule has 1 aliphatic heterocycles. The Morgan fingerprint density at radius 1 is 1.00 bits per heavy atom. The van der Waals surface area contributed by atoms with Gasteiger partial charge in [0.15, 0.2) is 6.10 Å². The van der Waals surface area contributed by atoms with Gasteiger partial charge in [-0.3, -0.25) is 14.4 Å². The summed E-state index contributed by atoms with van der Waals surface area (Å²) in [5.74, 6) is -1.36. The van der Waals surface area contributed by atoms with Crippen molar-refractivity contribution in [3.05, 3.63) is 95.1 Å². The van der Waals surface area contributed by atoms with Crippen molar-refractivity contribution in [2.45, 2.75) is 56.7 Å². The molecule has 5 N–H and O–H groups in total. The van der Waals surface area contributed by atoms with Gasteiger partial charge in [0.1, 0.15) is 17.5 Å². The number of aliphatic hydroxyl groups is 1. The van der Waals surface area contributed by atoms with E-state index in [1.54, 1.807) is 37.3 Å². The van der Waals surface area contributed by atoms with Crippen LogP contribution >= 0.6 is 11.8 Å². The Balaban J connectivity index is 1.55. The minimum Gasteiger partial charge on any atom is -0.508 e. The van der Waals surface area contributed by atoms with Crippen molar-refractivity contribution in [3.8, 4) is 11.5 Å². The molecule has 3 aromatic carbocycles. The van der Waals surface area contributed by atoms with Gasteiger partial charge in [0.25, 0.3) is 11.8 Å². The fourth-order valence-electron chi connectivity index (χ4n) is 4.93. The van der Waals surface area contributed by atoms with Gasteiger partial charge in [-0.15, -0.1) is 11.8 Å². The van der Waals surface area contributed by atoms with Crippen molar-refractivity contribution in [1.29, 1.82) is 0 Å². The van der Waals surface area contributed by atoms with E-state index in [0.717, 1.165) is 5.56 Å². The molecule has 1 aliphatic rings. The van der Waals surface area contributed by atoms with E-state index >= 15 is 0 Å². The molecule has 1 saturated heterocycles. The van der Waals surface area contributed by atoms with Crippen LogP contribution in [0.15, 0.2) is 72.8 Å². The minimum absolute atomic E-state index is 0.0372. The summed E-state index contributed by atoms with van der Waals surface area (Å²) in [5, 5.41) is 36.9. The van der Waals surface area contributed by atoms with Crippen LogP contribution in [-0.2, 0) is 22.6 Å². The lowest BCUT2D eigenvalue weighted by atomic mass is 9.96. The normalized spacial score (nSPS) is 17.5. The van der Waals surface area contributed by atoms with E-state index in [1.165, 1.54) is 28.8 Å². The molecule has 3 amide bonds. The molecule has 0 radical (unpaired) electrons. The Morgan fingerprint density at radius 3 is 2.39 bits per heavy atom. The molecule has 9 nitrogen and oxygen atoms in total. The van der Waals surface area contributed by atoms with E-state index in [1.807, 2.05) is 44.2 Å². The van der Waals surface area contributed by atoms with E-state index < -0.39 is 34.7 Å². The third-order valence-corrected chi connectivity index (χ3v) is 8.63. The number of benzene rings is 3. The maximum atomic E-state index is 13.8.